The van der Waals surface area contributed by atoms with Crippen molar-refractivity contribution in [3.63, 3.8) is 0 Å². The highest BCUT2D eigenvalue weighted by molar-refractivity contribution is 5.94. The van der Waals surface area contributed by atoms with E-state index in [1.807, 2.05) is 6.92 Å². The van der Waals surface area contributed by atoms with Gasteiger partial charge in [0.05, 0.1) is 18.2 Å². The highest BCUT2D eigenvalue weighted by atomic mass is 16.5. The van der Waals surface area contributed by atoms with Crippen LogP contribution in [0.15, 0.2) is 30.0 Å². The van der Waals surface area contributed by atoms with Crippen molar-refractivity contribution in [2.24, 2.45) is 0 Å². The molecule has 3 rings (SSSR count). The summed E-state index contributed by atoms with van der Waals surface area (Å²) in [6, 6.07) is 3.24. The van der Waals surface area contributed by atoms with Crippen LogP contribution in [0.3, 0.4) is 0 Å². The number of aromatic nitrogens is 1. The molecule has 1 aromatic rings. The topological polar surface area (TPSA) is 83.9 Å². The summed E-state index contributed by atoms with van der Waals surface area (Å²) in [5.41, 5.74) is 0.399. The van der Waals surface area contributed by atoms with E-state index in [1.165, 1.54) is 12.7 Å². The third-order valence-electron chi connectivity index (χ3n) is 6.18. The first-order valence-corrected chi connectivity index (χ1v) is 10.3. The Morgan fingerprint density at radius 2 is 2.14 bits per heavy atom. The number of aliphatic hydroxyl groups is 1. The molecule has 0 saturated carbocycles. The van der Waals surface area contributed by atoms with Crippen molar-refractivity contribution in [2.75, 3.05) is 33.4 Å². The van der Waals surface area contributed by atoms with E-state index in [4.69, 9.17) is 9.47 Å². The average Bonchev–Trinajstić information content (AvgIpc) is 2.71. The number of methoxy groups -OCH3 is 1. The summed E-state index contributed by atoms with van der Waals surface area (Å²) in [7, 11) is 1.52. The maximum atomic E-state index is 12.8. The minimum atomic E-state index is -0.776. The summed E-state index contributed by atoms with van der Waals surface area (Å²) in [6.45, 7) is 9.29. The molecule has 0 unspecified atom stereocenters. The molecule has 7 heteroatoms. The van der Waals surface area contributed by atoms with Crippen molar-refractivity contribution in [3.05, 3.63) is 35.5 Å². The number of rotatable bonds is 5. The standard InChI is InChI=1S/C22H33N3O4/c1-16(2)6-11-25-12-7-22(8-13-25)20(27)21(3,9-14-29-22)24-19(26)17-5-10-23-18(15-17)28-4/h5-6,10,15,20,27H,7-9,11-14H2,1-4H3,(H,24,26)/t20-,21+/m1/s1. The molecule has 160 valence electrons. The van der Waals surface area contributed by atoms with E-state index in [0.29, 0.717) is 24.5 Å². The van der Waals surface area contributed by atoms with Crippen molar-refractivity contribution in [1.29, 1.82) is 0 Å². The van der Waals surface area contributed by atoms with Gasteiger partial charge in [-0.05, 0) is 46.1 Å². The fourth-order valence-corrected chi connectivity index (χ4v) is 4.23. The molecule has 7 nitrogen and oxygen atoms in total. The number of carbonyl (C=O) groups is 1. The molecule has 0 bridgehead atoms. The maximum absolute atomic E-state index is 12.8. The lowest BCUT2D eigenvalue weighted by Crippen LogP contribution is -2.69. The van der Waals surface area contributed by atoms with Crippen LogP contribution in [0.2, 0.25) is 0 Å². The quantitative estimate of drug-likeness (QED) is 0.733. The normalized spacial score (nSPS) is 26.7. The number of aliphatic hydroxyl groups excluding tert-OH is 1. The predicted octanol–water partition coefficient (Wildman–Crippen LogP) is 2.16. The van der Waals surface area contributed by atoms with Gasteiger partial charge in [-0.2, -0.15) is 0 Å². The Balaban J connectivity index is 1.69. The van der Waals surface area contributed by atoms with Crippen molar-refractivity contribution in [1.82, 2.24) is 15.2 Å². The Morgan fingerprint density at radius 1 is 1.41 bits per heavy atom. The van der Waals surface area contributed by atoms with Crippen LogP contribution in [0.1, 0.15) is 50.4 Å². The monoisotopic (exact) mass is 403 g/mol. The van der Waals surface area contributed by atoms with E-state index < -0.39 is 17.2 Å². The van der Waals surface area contributed by atoms with E-state index in [-0.39, 0.29) is 5.91 Å². The number of ether oxygens (including phenoxy) is 2. The van der Waals surface area contributed by atoms with Gasteiger partial charge in [0, 0.05) is 44.1 Å². The van der Waals surface area contributed by atoms with Gasteiger partial charge in [-0.15, -0.1) is 0 Å². The SMILES string of the molecule is COc1cc(C(=O)N[C@@]2(C)CCOC3(CCN(CC=C(C)C)CC3)[C@@H]2O)ccn1. The van der Waals surface area contributed by atoms with E-state index in [9.17, 15) is 9.90 Å². The molecule has 2 saturated heterocycles. The second-order valence-corrected chi connectivity index (χ2v) is 8.61. The molecular formula is C22H33N3O4. The van der Waals surface area contributed by atoms with Crippen LogP contribution in [0.5, 0.6) is 5.88 Å². The van der Waals surface area contributed by atoms with Gasteiger partial charge >= 0.3 is 0 Å². The highest BCUT2D eigenvalue weighted by Crippen LogP contribution is 2.40. The van der Waals surface area contributed by atoms with E-state index in [2.05, 4.69) is 35.1 Å². The average molecular weight is 404 g/mol. The molecule has 2 aliphatic heterocycles. The Kier molecular flexibility index (Phi) is 6.61. The minimum Gasteiger partial charge on any atom is -0.481 e. The number of pyridine rings is 1. The van der Waals surface area contributed by atoms with Crippen molar-refractivity contribution in [2.45, 2.75) is 57.3 Å². The van der Waals surface area contributed by atoms with Gasteiger partial charge in [-0.1, -0.05) is 11.6 Å². The number of nitrogens with one attached hydrogen (secondary N) is 1. The molecule has 0 aliphatic carbocycles. The first kappa shape index (κ1) is 21.7. The van der Waals surface area contributed by atoms with Crippen LogP contribution in [0.25, 0.3) is 0 Å². The number of hydrogen-bond donors (Lipinski definition) is 2. The predicted molar refractivity (Wildman–Crippen MR) is 111 cm³/mol. The number of carbonyl (C=O) groups excluding carboxylic acids is 1. The van der Waals surface area contributed by atoms with E-state index in [1.54, 1.807) is 18.3 Å². The van der Waals surface area contributed by atoms with Crippen molar-refractivity contribution in [3.8, 4) is 5.88 Å². The van der Waals surface area contributed by atoms with Gasteiger partial charge in [-0.3, -0.25) is 9.69 Å². The maximum Gasteiger partial charge on any atom is 0.252 e. The lowest BCUT2D eigenvalue weighted by atomic mass is 9.73. The fraction of sp³-hybridized carbons (Fsp3) is 0.636. The Morgan fingerprint density at radius 3 is 2.79 bits per heavy atom. The van der Waals surface area contributed by atoms with Crippen LogP contribution in [-0.4, -0.2) is 71.5 Å². The van der Waals surface area contributed by atoms with Gasteiger partial charge in [0.15, 0.2) is 0 Å². The lowest BCUT2D eigenvalue weighted by molar-refractivity contribution is -0.205. The van der Waals surface area contributed by atoms with Crippen LogP contribution in [-0.2, 0) is 4.74 Å². The summed E-state index contributed by atoms with van der Waals surface area (Å²) < 4.78 is 11.2. The first-order valence-electron chi connectivity index (χ1n) is 10.3. The van der Waals surface area contributed by atoms with Gasteiger partial charge in [0.2, 0.25) is 5.88 Å². The number of allylic oxidation sites excluding steroid dienone is 1. The van der Waals surface area contributed by atoms with Crippen LogP contribution >= 0.6 is 0 Å². The van der Waals surface area contributed by atoms with E-state index >= 15 is 0 Å². The highest BCUT2D eigenvalue weighted by Gasteiger charge is 2.53. The molecule has 2 atom stereocenters. The number of nitrogens with zero attached hydrogens (tertiary/aromatic N) is 2. The molecule has 2 aliphatic rings. The first-order chi connectivity index (χ1) is 13.8. The van der Waals surface area contributed by atoms with Crippen molar-refractivity contribution < 1.29 is 19.4 Å². The largest absolute Gasteiger partial charge is 0.481 e. The Labute approximate surface area is 173 Å². The number of piperidine rings is 1. The van der Waals surface area contributed by atoms with Gasteiger partial charge in [0.1, 0.15) is 6.10 Å². The Hall–Kier alpha value is -1.96. The second-order valence-electron chi connectivity index (χ2n) is 8.61. The summed E-state index contributed by atoms with van der Waals surface area (Å²) in [5.74, 6) is 0.140. The molecule has 0 radical (unpaired) electrons. The van der Waals surface area contributed by atoms with E-state index in [0.717, 1.165) is 32.5 Å². The van der Waals surface area contributed by atoms with Gasteiger partial charge in [-0.25, -0.2) is 4.98 Å². The summed E-state index contributed by atoms with van der Waals surface area (Å²) in [5, 5.41) is 14.4. The fourth-order valence-electron chi connectivity index (χ4n) is 4.23. The molecule has 2 N–H and O–H groups in total. The molecule has 1 aromatic heterocycles. The molecular weight excluding hydrogens is 370 g/mol. The molecule has 1 spiro atoms. The molecule has 0 aromatic carbocycles. The zero-order chi connectivity index (χ0) is 21.1. The van der Waals surface area contributed by atoms with Crippen LogP contribution < -0.4 is 10.1 Å². The third-order valence-corrected chi connectivity index (χ3v) is 6.18. The molecule has 3 heterocycles. The van der Waals surface area contributed by atoms with Crippen LogP contribution in [0, 0.1) is 0 Å². The molecule has 2 fully saturated rings. The zero-order valence-electron chi connectivity index (χ0n) is 17.9. The number of likely N-dealkylation sites (tertiary alicyclic amines) is 1. The number of amides is 1. The summed E-state index contributed by atoms with van der Waals surface area (Å²) in [4.78, 5) is 19.3. The smallest absolute Gasteiger partial charge is 0.252 e. The summed E-state index contributed by atoms with van der Waals surface area (Å²) >= 11 is 0. The van der Waals surface area contributed by atoms with Crippen molar-refractivity contribution >= 4 is 5.91 Å². The second kappa shape index (κ2) is 8.81. The molecule has 29 heavy (non-hydrogen) atoms. The Bertz CT molecular complexity index is 754. The van der Waals surface area contributed by atoms with Crippen LogP contribution in [0.4, 0.5) is 0 Å². The molecule has 1 amide bonds. The third kappa shape index (κ3) is 4.79. The summed E-state index contributed by atoms with van der Waals surface area (Å²) in [6.07, 6.45) is 5.05. The lowest BCUT2D eigenvalue weighted by Gasteiger charge is -2.53. The minimum absolute atomic E-state index is 0.245. The van der Waals surface area contributed by atoms with Gasteiger partial charge < -0.3 is 19.9 Å². The number of hydrogen-bond acceptors (Lipinski definition) is 6. The van der Waals surface area contributed by atoms with Gasteiger partial charge in [0.25, 0.3) is 5.91 Å². The zero-order valence-corrected chi connectivity index (χ0v) is 17.9.